The number of aliphatic hydroxyl groups excluding tert-OH is 1. The summed E-state index contributed by atoms with van der Waals surface area (Å²) in [4.78, 5) is 12.2. The number of carbonyl (C=O) groups excluding carboxylic acids is 1. The normalized spacial score (nSPS) is 28.2. The molecule has 3 aliphatic rings. The Morgan fingerprint density at radius 1 is 1.38 bits per heavy atom. The third-order valence-electron chi connectivity index (χ3n) is 5.20. The summed E-state index contributed by atoms with van der Waals surface area (Å²) in [6.45, 7) is 2.17. The van der Waals surface area contributed by atoms with Crippen LogP contribution in [0.4, 0.5) is 0 Å². The second kappa shape index (κ2) is 5.18. The number of allylic oxidation sites excluding steroid dienone is 6. The van der Waals surface area contributed by atoms with E-state index in [1.54, 1.807) is 0 Å². The summed E-state index contributed by atoms with van der Waals surface area (Å²) in [6, 6.07) is 2.18. The predicted octanol–water partition coefficient (Wildman–Crippen LogP) is 4.28. The summed E-state index contributed by atoms with van der Waals surface area (Å²) < 4.78 is 0. The molecule has 1 unspecified atom stereocenters. The molecule has 0 fully saturated rings. The van der Waals surface area contributed by atoms with Crippen LogP contribution in [0, 0.1) is 16.7 Å². The third-order valence-corrected chi connectivity index (χ3v) is 5.20. The van der Waals surface area contributed by atoms with Crippen LogP contribution >= 0.6 is 0 Å². The first-order chi connectivity index (χ1) is 10.1. The molecule has 0 saturated heterocycles. The summed E-state index contributed by atoms with van der Waals surface area (Å²) in [5, 5.41) is 19.3. The quantitative estimate of drug-likeness (QED) is 0.840. The second-order valence-electron chi connectivity index (χ2n) is 6.49. The van der Waals surface area contributed by atoms with Gasteiger partial charge in [-0.15, -0.1) is 0 Å². The molecule has 0 aromatic heterocycles. The molecule has 0 saturated carbocycles. The average Bonchev–Trinajstić information content (AvgIpc) is 2.79. The molecular formula is C18H21NO2. The van der Waals surface area contributed by atoms with E-state index in [-0.39, 0.29) is 11.2 Å². The van der Waals surface area contributed by atoms with Crippen molar-refractivity contribution in [1.82, 2.24) is 0 Å². The van der Waals surface area contributed by atoms with Gasteiger partial charge in [-0.2, -0.15) is 5.26 Å². The van der Waals surface area contributed by atoms with Gasteiger partial charge in [0.2, 0.25) is 0 Å². The van der Waals surface area contributed by atoms with Gasteiger partial charge in [0.05, 0.1) is 11.3 Å². The molecule has 3 heteroatoms. The minimum Gasteiger partial charge on any atom is -0.512 e. The first-order valence-electron chi connectivity index (χ1n) is 7.91. The minimum absolute atomic E-state index is 0.00662. The van der Waals surface area contributed by atoms with Gasteiger partial charge >= 0.3 is 0 Å². The van der Waals surface area contributed by atoms with Crippen LogP contribution in [0.5, 0.6) is 0 Å². The molecule has 0 aliphatic heterocycles. The average molecular weight is 283 g/mol. The number of nitriles is 1. The number of Topliss-reactive ketones (excluding diaryl/α,β-unsaturated/α-hetero) is 1. The van der Waals surface area contributed by atoms with Crippen LogP contribution in [0.1, 0.15) is 58.3 Å². The molecule has 0 spiro atoms. The largest absolute Gasteiger partial charge is 0.512 e. The van der Waals surface area contributed by atoms with Gasteiger partial charge in [0.25, 0.3) is 0 Å². The van der Waals surface area contributed by atoms with Crippen LogP contribution in [0.15, 0.2) is 34.1 Å². The predicted molar refractivity (Wildman–Crippen MR) is 80.4 cm³/mol. The molecule has 3 aliphatic carbocycles. The standard InChI is InChI=1S/C18H21NO2/c1-2-3-7-18-8-6-16(21)15(11-19)17(18)14-5-4-13(20)9-12(14)10-18/h9,20H,2-8,10H2,1H3. The molecular weight excluding hydrogens is 262 g/mol. The Kier molecular flexibility index (Phi) is 3.49. The van der Waals surface area contributed by atoms with E-state index in [1.807, 2.05) is 6.08 Å². The molecule has 3 nitrogen and oxygen atoms in total. The van der Waals surface area contributed by atoms with Gasteiger partial charge in [-0.25, -0.2) is 0 Å². The van der Waals surface area contributed by atoms with Crippen molar-refractivity contribution in [1.29, 1.82) is 5.26 Å². The van der Waals surface area contributed by atoms with E-state index >= 15 is 0 Å². The molecule has 21 heavy (non-hydrogen) atoms. The summed E-state index contributed by atoms with van der Waals surface area (Å²) in [5.74, 6) is 0.440. The lowest BCUT2D eigenvalue weighted by Crippen LogP contribution is -2.29. The molecule has 0 heterocycles. The van der Waals surface area contributed by atoms with E-state index < -0.39 is 0 Å². The van der Waals surface area contributed by atoms with Crippen LogP contribution in [0.3, 0.4) is 0 Å². The van der Waals surface area contributed by atoms with Crippen molar-refractivity contribution < 1.29 is 9.90 Å². The SMILES string of the molecule is CCCCC12CCC(=O)C(C#N)=C1C1=C(C=C(O)CC1)C2. The van der Waals surface area contributed by atoms with E-state index in [9.17, 15) is 15.2 Å². The molecule has 0 bridgehead atoms. The molecule has 110 valence electrons. The molecule has 1 atom stereocenters. The van der Waals surface area contributed by atoms with Crippen LogP contribution < -0.4 is 0 Å². The lowest BCUT2D eigenvalue weighted by molar-refractivity contribution is -0.116. The smallest absolute Gasteiger partial charge is 0.173 e. The number of aliphatic hydroxyl groups is 1. The zero-order chi connectivity index (χ0) is 15.0. The summed E-state index contributed by atoms with van der Waals surface area (Å²) in [6.07, 6.45) is 8.78. The maximum Gasteiger partial charge on any atom is 0.173 e. The molecule has 0 amide bonds. The number of fused-ring (bicyclic) bond motifs is 2. The van der Waals surface area contributed by atoms with E-state index in [1.165, 1.54) is 5.57 Å². The maximum absolute atomic E-state index is 12.2. The fourth-order valence-corrected chi connectivity index (χ4v) is 4.21. The number of ketones is 1. The monoisotopic (exact) mass is 283 g/mol. The van der Waals surface area contributed by atoms with Gasteiger partial charge in [0, 0.05) is 18.3 Å². The lowest BCUT2D eigenvalue weighted by Gasteiger charge is -2.36. The van der Waals surface area contributed by atoms with Gasteiger partial charge in [0.1, 0.15) is 6.07 Å². The number of hydrogen-bond donors (Lipinski definition) is 1. The van der Waals surface area contributed by atoms with Gasteiger partial charge in [-0.05, 0) is 48.5 Å². The molecule has 0 radical (unpaired) electrons. The van der Waals surface area contributed by atoms with Gasteiger partial charge in [-0.1, -0.05) is 19.8 Å². The van der Waals surface area contributed by atoms with Crippen molar-refractivity contribution in [3.8, 4) is 6.07 Å². The molecule has 0 aromatic carbocycles. The molecule has 3 rings (SSSR count). The van der Waals surface area contributed by atoms with Crippen molar-refractivity contribution in [3.63, 3.8) is 0 Å². The fourth-order valence-electron chi connectivity index (χ4n) is 4.21. The number of carbonyl (C=O) groups is 1. The van der Waals surface area contributed by atoms with Crippen molar-refractivity contribution >= 4 is 5.78 Å². The van der Waals surface area contributed by atoms with Crippen molar-refractivity contribution in [3.05, 3.63) is 34.1 Å². The first kappa shape index (κ1) is 14.1. The minimum atomic E-state index is -0.0270. The number of rotatable bonds is 3. The number of nitrogens with zero attached hydrogens (tertiary/aromatic N) is 1. The Hall–Kier alpha value is -1.82. The van der Waals surface area contributed by atoms with Crippen LogP contribution in [0.2, 0.25) is 0 Å². The molecule has 1 N–H and O–H groups in total. The van der Waals surface area contributed by atoms with E-state index in [0.717, 1.165) is 49.7 Å². The number of hydrogen-bond acceptors (Lipinski definition) is 3. The van der Waals surface area contributed by atoms with Crippen LogP contribution in [0.25, 0.3) is 0 Å². The van der Waals surface area contributed by atoms with Crippen LogP contribution in [-0.4, -0.2) is 10.9 Å². The van der Waals surface area contributed by atoms with Gasteiger partial charge in [-0.3, -0.25) is 4.79 Å². The van der Waals surface area contributed by atoms with Crippen molar-refractivity contribution in [2.24, 2.45) is 5.41 Å². The second-order valence-corrected chi connectivity index (χ2v) is 6.49. The molecule has 0 aromatic rings. The highest BCUT2D eigenvalue weighted by Gasteiger charge is 2.47. The van der Waals surface area contributed by atoms with Crippen LogP contribution in [-0.2, 0) is 4.79 Å². The Bertz CT molecular complexity index is 630. The highest BCUT2D eigenvalue weighted by Crippen LogP contribution is 2.58. The summed E-state index contributed by atoms with van der Waals surface area (Å²) >= 11 is 0. The zero-order valence-corrected chi connectivity index (χ0v) is 12.5. The van der Waals surface area contributed by atoms with Gasteiger partial charge in [0.15, 0.2) is 5.78 Å². The van der Waals surface area contributed by atoms with E-state index in [4.69, 9.17) is 0 Å². The highest BCUT2D eigenvalue weighted by atomic mass is 16.3. The van der Waals surface area contributed by atoms with Gasteiger partial charge < -0.3 is 5.11 Å². The van der Waals surface area contributed by atoms with E-state index in [2.05, 4.69) is 13.0 Å². The Morgan fingerprint density at radius 3 is 2.90 bits per heavy atom. The lowest BCUT2D eigenvalue weighted by atomic mass is 9.66. The maximum atomic E-state index is 12.2. The first-order valence-corrected chi connectivity index (χ1v) is 7.91. The topological polar surface area (TPSA) is 61.1 Å². The Balaban J connectivity index is 2.13. The highest BCUT2D eigenvalue weighted by molar-refractivity contribution is 6.02. The Morgan fingerprint density at radius 2 is 2.19 bits per heavy atom. The zero-order valence-electron chi connectivity index (χ0n) is 12.5. The fraction of sp³-hybridized carbons (Fsp3) is 0.556. The number of unbranched alkanes of at least 4 members (excludes halogenated alkanes) is 1. The van der Waals surface area contributed by atoms with Crippen molar-refractivity contribution in [2.75, 3.05) is 0 Å². The third kappa shape index (κ3) is 2.14. The van der Waals surface area contributed by atoms with E-state index in [0.29, 0.717) is 24.2 Å². The van der Waals surface area contributed by atoms with Crippen molar-refractivity contribution in [2.45, 2.75) is 58.3 Å². The Labute approximate surface area is 125 Å². The summed E-state index contributed by atoms with van der Waals surface area (Å²) in [7, 11) is 0. The summed E-state index contributed by atoms with van der Waals surface area (Å²) in [5.41, 5.74) is 3.74.